The molecule has 0 fully saturated rings. The quantitative estimate of drug-likeness (QED) is 0.673. The van der Waals surface area contributed by atoms with Gasteiger partial charge in [0.1, 0.15) is 5.69 Å². The molecule has 1 aromatic rings. The summed E-state index contributed by atoms with van der Waals surface area (Å²) in [5.41, 5.74) is 0.927. The van der Waals surface area contributed by atoms with Gasteiger partial charge in [0.2, 0.25) is 0 Å². The summed E-state index contributed by atoms with van der Waals surface area (Å²) in [5, 5.41) is 9.16. The van der Waals surface area contributed by atoms with Crippen LogP contribution in [0.4, 0.5) is 0 Å². The topological polar surface area (TPSA) is 50.2 Å². The summed E-state index contributed by atoms with van der Waals surface area (Å²) in [6.07, 6.45) is -0.621. The molecular weight excluding hydrogens is 154 g/mol. The van der Waals surface area contributed by atoms with Gasteiger partial charge in [-0.25, -0.2) is 4.98 Å². The summed E-state index contributed by atoms with van der Waals surface area (Å²) in [4.78, 5) is 14.8. The maximum atomic E-state index is 10.9. The Kier molecular flexibility index (Phi) is 2.55. The maximum Gasteiger partial charge on any atom is 0.178 e. The van der Waals surface area contributed by atoms with Crippen molar-refractivity contribution in [3.05, 3.63) is 29.6 Å². The van der Waals surface area contributed by atoms with Gasteiger partial charge in [-0.3, -0.25) is 4.79 Å². The van der Waals surface area contributed by atoms with E-state index in [1.807, 2.05) is 0 Å². The molecule has 1 atom stereocenters. The van der Waals surface area contributed by atoms with E-state index in [2.05, 4.69) is 4.98 Å². The standard InChI is InChI=1S/C9H11NO2/c1-6(11)8-4-3-5-9(10-8)7(2)12/h3-6,11H,1-2H3/t6-/m0/s1. The number of hydrogen-bond acceptors (Lipinski definition) is 3. The molecule has 0 aliphatic carbocycles. The highest BCUT2D eigenvalue weighted by molar-refractivity contribution is 5.92. The summed E-state index contributed by atoms with van der Waals surface area (Å²) in [7, 11) is 0. The average Bonchev–Trinajstić information content (AvgIpc) is 2.04. The Morgan fingerprint density at radius 3 is 2.75 bits per heavy atom. The highest BCUT2D eigenvalue weighted by atomic mass is 16.3. The molecule has 0 saturated carbocycles. The molecule has 0 bridgehead atoms. The fraction of sp³-hybridized carbons (Fsp3) is 0.333. The second-order valence-corrected chi connectivity index (χ2v) is 2.68. The second kappa shape index (κ2) is 3.45. The van der Waals surface area contributed by atoms with Gasteiger partial charge in [-0.05, 0) is 19.1 Å². The van der Waals surface area contributed by atoms with Crippen molar-refractivity contribution in [2.45, 2.75) is 20.0 Å². The number of carbonyl (C=O) groups is 1. The van der Waals surface area contributed by atoms with Gasteiger partial charge in [0, 0.05) is 6.92 Å². The average molecular weight is 165 g/mol. The van der Waals surface area contributed by atoms with E-state index < -0.39 is 6.10 Å². The molecule has 64 valence electrons. The van der Waals surface area contributed by atoms with E-state index in [-0.39, 0.29) is 5.78 Å². The Bertz CT molecular complexity index is 294. The molecule has 0 aliphatic rings. The zero-order valence-corrected chi connectivity index (χ0v) is 7.11. The number of carbonyl (C=O) groups excluding carboxylic acids is 1. The number of aliphatic hydroxyl groups is 1. The Hall–Kier alpha value is -1.22. The lowest BCUT2D eigenvalue weighted by molar-refractivity contribution is 0.101. The molecule has 12 heavy (non-hydrogen) atoms. The number of nitrogens with zero attached hydrogens (tertiary/aromatic N) is 1. The molecule has 0 unspecified atom stereocenters. The van der Waals surface area contributed by atoms with Crippen LogP contribution in [0.15, 0.2) is 18.2 Å². The van der Waals surface area contributed by atoms with Crippen molar-refractivity contribution in [2.24, 2.45) is 0 Å². The first-order valence-corrected chi connectivity index (χ1v) is 3.77. The fourth-order valence-electron chi connectivity index (χ4n) is 0.880. The van der Waals surface area contributed by atoms with Crippen molar-refractivity contribution in [1.82, 2.24) is 4.98 Å². The normalized spacial score (nSPS) is 12.6. The number of Topliss-reactive ketones (excluding diaryl/α,β-unsaturated/α-hetero) is 1. The van der Waals surface area contributed by atoms with Gasteiger partial charge < -0.3 is 5.11 Å². The summed E-state index contributed by atoms with van der Waals surface area (Å²) in [6.45, 7) is 3.07. The monoisotopic (exact) mass is 165 g/mol. The van der Waals surface area contributed by atoms with Gasteiger partial charge in [-0.2, -0.15) is 0 Å². The van der Waals surface area contributed by atoms with Crippen LogP contribution in [-0.4, -0.2) is 15.9 Å². The zero-order valence-electron chi connectivity index (χ0n) is 7.11. The first-order valence-electron chi connectivity index (χ1n) is 3.77. The number of aromatic nitrogens is 1. The van der Waals surface area contributed by atoms with Gasteiger partial charge >= 0.3 is 0 Å². The lowest BCUT2D eigenvalue weighted by Gasteiger charge is -2.03. The van der Waals surface area contributed by atoms with Crippen LogP contribution in [0.5, 0.6) is 0 Å². The zero-order chi connectivity index (χ0) is 9.14. The molecule has 1 N–H and O–H groups in total. The SMILES string of the molecule is CC(=O)c1cccc([C@H](C)O)n1. The van der Waals surface area contributed by atoms with Crippen LogP contribution in [0.2, 0.25) is 0 Å². The van der Waals surface area contributed by atoms with Crippen molar-refractivity contribution in [1.29, 1.82) is 0 Å². The molecule has 1 aromatic heterocycles. The molecule has 0 saturated heterocycles. The Labute approximate surface area is 71.1 Å². The molecule has 0 amide bonds. The lowest BCUT2D eigenvalue weighted by Crippen LogP contribution is -2.02. The van der Waals surface area contributed by atoms with Crippen LogP contribution in [0.3, 0.4) is 0 Å². The predicted octanol–water partition coefficient (Wildman–Crippen LogP) is 1.34. The number of aliphatic hydroxyl groups excluding tert-OH is 1. The predicted molar refractivity (Wildman–Crippen MR) is 44.9 cm³/mol. The molecule has 3 heteroatoms. The fourth-order valence-corrected chi connectivity index (χ4v) is 0.880. The van der Waals surface area contributed by atoms with E-state index in [0.29, 0.717) is 11.4 Å². The van der Waals surface area contributed by atoms with E-state index in [1.54, 1.807) is 25.1 Å². The third kappa shape index (κ3) is 1.89. The van der Waals surface area contributed by atoms with E-state index >= 15 is 0 Å². The van der Waals surface area contributed by atoms with Crippen molar-refractivity contribution >= 4 is 5.78 Å². The lowest BCUT2D eigenvalue weighted by atomic mass is 10.2. The Morgan fingerprint density at radius 1 is 1.58 bits per heavy atom. The van der Waals surface area contributed by atoms with Gasteiger partial charge in [-0.1, -0.05) is 6.07 Å². The third-order valence-electron chi connectivity index (χ3n) is 1.56. The van der Waals surface area contributed by atoms with Crippen LogP contribution in [0.25, 0.3) is 0 Å². The van der Waals surface area contributed by atoms with Gasteiger partial charge in [-0.15, -0.1) is 0 Å². The van der Waals surface area contributed by atoms with Crippen molar-refractivity contribution in [2.75, 3.05) is 0 Å². The van der Waals surface area contributed by atoms with Crippen molar-refractivity contribution in [3.8, 4) is 0 Å². The molecule has 0 spiro atoms. The first-order chi connectivity index (χ1) is 5.61. The van der Waals surface area contributed by atoms with Crippen LogP contribution in [0.1, 0.15) is 36.1 Å². The molecule has 1 heterocycles. The molecule has 0 aliphatic heterocycles. The summed E-state index contributed by atoms with van der Waals surface area (Å²) in [5.74, 6) is -0.0856. The molecular formula is C9H11NO2. The number of pyridine rings is 1. The van der Waals surface area contributed by atoms with Gasteiger partial charge in [0.15, 0.2) is 5.78 Å². The van der Waals surface area contributed by atoms with E-state index in [4.69, 9.17) is 5.11 Å². The Balaban J connectivity index is 3.04. The van der Waals surface area contributed by atoms with Crippen LogP contribution in [0, 0.1) is 0 Å². The first kappa shape index (κ1) is 8.87. The van der Waals surface area contributed by atoms with Gasteiger partial charge in [0.25, 0.3) is 0 Å². The molecule has 0 aromatic carbocycles. The van der Waals surface area contributed by atoms with Gasteiger partial charge in [0.05, 0.1) is 11.8 Å². The third-order valence-corrected chi connectivity index (χ3v) is 1.56. The minimum Gasteiger partial charge on any atom is -0.387 e. The second-order valence-electron chi connectivity index (χ2n) is 2.68. The summed E-state index contributed by atoms with van der Waals surface area (Å²) >= 11 is 0. The van der Waals surface area contributed by atoms with E-state index in [1.165, 1.54) is 6.92 Å². The molecule has 3 nitrogen and oxygen atoms in total. The summed E-state index contributed by atoms with van der Waals surface area (Å²) < 4.78 is 0. The van der Waals surface area contributed by atoms with Crippen LogP contribution >= 0.6 is 0 Å². The maximum absolute atomic E-state index is 10.9. The smallest absolute Gasteiger partial charge is 0.178 e. The number of hydrogen-bond donors (Lipinski definition) is 1. The highest BCUT2D eigenvalue weighted by Crippen LogP contribution is 2.09. The largest absolute Gasteiger partial charge is 0.387 e. The van der Waals surface area contributed by atoms with Crippen LogP contribution < -0.4 is 0 Å². The number of rotatable bonds is 2. The van der Waals surface area contributed by atoms with Crippen LogP contribution in [-0.2, 0) is 0 Å². The Morgan fingerprint density at radius 2 is 2.25 bits per heavy atom. The molecule has 0 radical (unpaired) electrons. The summed E-state index contributed by atoms with van der Waals surface area (Å²) in [6, 6.07) is 5.04. The minimum absolute atomic E-state index is 0.0856. The van der Waals surface area contributed by atoms with Crippen molar-refractivity contribution in [3.63, 3.8) is 0 Å². The highest BCUT2D eigenvalue weighted by Gasteiger charge is 2.05. The molecule has 1 rings (SSSR count). The minimum atomic E-state index is -0.621. The van der Waals surface area contributed by atoms with Crippen molar-refractivity contribution < 1.29 is 9.90 Å². The number of ketones is 1. The van der Waals surface area contributed by atoms with E-state index in [9.17, 15) is 4.79 Å². The van der Waals surface area contributed by atoms with E-state index in [0.717, 1.165) is 0 Å².